The second kappa shape index (κ2) is 6.36. The molecule has 0 aromatic heterocycles. The Labute approximate surface area is 112 Å². The van der Waals surface area contributed by atoms with E-state index in [4.69, 9.17) is 4.74 Å². The number of para-hydroxylation sites is 1. The molecule has 102 valence electrons. The number of nitrogens with zero attached hydrogens (tertiary/aromatic N) is 1. The highest BCUT2D eigenvalue weighted by Crippen LogP contribution is 2.24. The minimum Gasteiger partial charge on any atom is -0.463 e. The van der Waals surface area contributed by atoms with E-state index in [1.54, 1.807) is 13.0 Å². The van der Waals surface area contributed by atoms with Gasteiger partial charge >= 0.3 is 5.97 Å². The maximum absolute atomic E-state index is 11.3. The molecule has 2 rings (SSSR count). The summed E-state index contributed by atoms with van der Waals surface area (Å²) >= 11 is 0. The van der Waals surface area contributed by atoms with E-state index in [-0.39, 0.29) is 5.97 Å². The second-order valence-corrected chi connectivity index (χ2v) is 4.17. The van der Waals surface area contributed by atoms with Crippen molar-refractivity contribution in [1.82, 2.24) is 5.32 Å². The van der Waals surface area contributed by atoms with Crippen molar-refractivity contribution >= 4 is 17.7 Å². The summed E-state index contributed by atoms with van der Waals surface area (Å²) < 4.78 is 4.85. The third-order valence-electron chi connectivity index (χ3n) is 2.91. The first-order valence-electron chi connectivity index (χ1n) is 6.34. The van der Waals surface area contributed by atoms with Crippen molar-refractivity contribution in [3.8, 4) is 0 Å². The lowest BCUT2D eigenvalue weighted by Gasteiger charge is -2.23. The van der Waals surface area contributed by atoms with Crippen molar-refractivity contribution in [2.45, 2.75) is 13.3 Å². The van der Waals surface area contributed by atoms with Crippen LogP contribution in [0.15, 0.2) is 30.3 Å². The van der Waals surface area contributed by atoms with Crippen LogP contribution in [0.5, 0.6) is 0 Å². The molecule has 0 saturated carbocycles. The fourth-order valence-electron chi connectivity index (χ4n) is 2.04. The molecule has 1 aliphatic heterocycles. The van der Waals surface area contributed by atoms with Gasteiger partial charge in [-0.15, -0.1) is 0 Å². The molecule has 1 saturated heterocycles. The first kappa shape index (κ1) is 13.6. The van der Waals surface area contributed by atoms with E-state index in [9.17, 15) is 9.90 Å². The topological polar surface area (TPSA) is 61.8 Å². The number of nitrogens with one attached hydrogen (secondary N) is 1. The zero-order valence-electron chi connectivity index (χ0n) is 10.9. The zero-order chi connectivity index (χ0) is 13.7. The van der Waals surface area contributed by atoms with Crippen molar-refractivity contribution in [3.05, 3.63) is 35.9 Å². The first-order chi connectivity index (χ1) is 9.22. The van der Waals surface area contributed by atoms with E-state index in [0.717, 1.165) is 24.3 Å². The molecular formula is C14H18N2O3. The number of ether oxygens (including phenoxy) is 1. The van der Waals surface area contributed by atoms with Gasteiger partial charge in [-0.25, -0.2) is 4.79 Å². The van der Waals surface area contributed by atoms with Crippen LogP contribution >= 0.6 is 0 Å². The van der Waals surface area contributed by atoms with Gasteiger partial charge in [0.15, 0.2) is 6.35 Å². The van der Waals surface area contributed by atoms with Gasteiger partial charge < -0.3 is 14.7 Å². The highest BCUT2D eigenvalue weighted by atomic mass is 16.5. The van der Waals surface area contributed by atoms with Crippen molar-refractivity contribution in [2.24, 2.45) is 0 Å². The Kier molecular flexibility index (Phi) is 4.54. The van der Waals surface area contributed by atoms with Gasteiger partial charge in [0.25, 0.3) is 0 Å². The third kappa shape index (κ3) is 3.33. The number of aliphatic hydroxyl groups excluding tert-OH is 1. The van der Waals surface area contributed by atoms with Gasteiger partial charge in [-0.1, -0.05) is 18.2 Å². The van der Waals surface area contributed by atoms with E-state index in [1.165, 1.54) is 6.08 Å². The summed E-state index contributed by atoms with van der Waals surface area (Å²) in [5, 5.41) is 12.8. The zero-order valence-corrected chi connectivity index (χ0v) is 10.9. The van der Waals surface area contributed by atoms with E-state index in [2.05, 4.69) is 5.32 Å². The standard InChI is InChI=1S/C14H18N2O3/c1-2-19-13(17)8-7-11-5-3-4-6-12(11)16-10-9-15-14(16)18/h3-8,14-15,18H,2,9-10H2,1H3/b8-7+. The van der Waals surface area contributed by atoms with Gasteiger partial charge in [-0.3, -0.25) is 5.32 Å². The lowest BCUT2D eigenvalue weighted by Crippen LogP contribution is -2.35. The number of carbonyl (C=O) groups is 1. The van der Waals surface area contributed by atoms with E-state index in [0.29, 0.717) is 6.61 Å². The number of benzene rings is 1. The lowest BCUT2D eigenvalue weighted by molar-refractivity contribution is -0.137. The average Bonchev–Trinajstić information content (AvgIpc) is 2.83. The second-order valence-electron chi connectivity index (χ2n) is 4.17. The molecule has 0 bridgehead atoms. The van der Waals surface area contributed by atoms with Crippen LogP contribution in [0.3, 0.4) is 0 Å². The Balaban J connectivity index is 2.19. The Bertz CT molecular complexity index is 474. The molecule has 1 unspecified atom stereocenters. The predicted molar refractivity (Wildman–Crippen MR) is 73.5 cm³/mol. The Morgan fingerprint density at radius 3 is 3.05 bits per heavy atom. The molecule has 1 aromatic carbocycles. The largest absolute Gasteiger partial charge is 0.463 e. The maximum atomic E-state index is 11.3. The lowest BCUT2D eigenvalue weighted by atomic mass is 10.1. The van der Waals surface area contributed by atoms with Crippen LogP contribution in [-0.2, 0) is 9.53 Å². The average molecular weight is 262 g/mol. The summed E-state index contributed by atoms with van der Waals surface area (Å²) in [5.41, 5.74) is 1.76. The van der Waals surface area contributed by atoms with E-state index >= 15 is 0 Å². The van der Waals surface area contributed by atoms with Crippen LogP contribution in [0, 0.1) is 0 Å². The van der Waals surface area contributed by atoms with Crippen molar-refractivity contribution in [1.29, 1.82) is 0 Å². The first-order valence-corrected chi connectivity index (χ1v) is 6.34. The number of hydrogen-bond donors (Lipinski definition) is 2. The third-order valence-corrected chi connectivity index (χ3v) is 2.91. The number of aliphatic hydroxyl groups is 1. The van der Waals surface area contributed by atoms with Gasteiger partial charge in [0.05, 0.1) is 6.61 Å². The monoisotopic (exact) mass is 262 g/mol. The molecule has 1 heterocycles. The molecule has 0 amide bonds. The minimum absolute atomic E-state index is 0.361. The molecule has 0 radical (unpaired) electrons. The van der Waals surface area contributed by atoms with Gasteiger partial charge in [0, 0.05) is 24.9 Å². The summed E-state index contributed by atoms with van der Waals surface area (Å²) in [6.07, 6.45) is 2.42. The fourth-order valence-corrected chi connectivity index (χ4v) is 2.04. The number of hydrogen-bond acceptors (Lipinski definition) is 5. The highest BCUT2D eigenvalue weighted by molar-refractivity contribution is 5.88. The summed E-state index contributed by atoms with van der Waals surface area (Å²) in [7, 11) is 0. The molecular weight excluding hydrogens is 244 g/mol. The van der Waals surface area contributed by atoms with Crippen LogP contribution in [0.1, 0.15) is 12.5 Å². The van der Waals surface area contributed by atoms with Crippen LogP contribution in [-0.4, -0.2) is 37.1 Å². The van der Waals surface area contributed by atoms with Gasteiger partial charge in [0.2, 0.25) is 0 Å². The van der Waals surface area contributed by atoms with Crippen LogP contribution in [0.25, 0.3) is 6.08 Å². The molecule has 1 aliphatic rings. The summed E-state index contributed by atoms with van der Waals surface area (Å²) in [6, 6.07) is 7.61. The number of carbonyl (C=O) groups excluding carboxylic acids is 1. The molecule has 0 spiro atoms. The maximum Gasteiger partial charge on any atom is 0.330 e. The minimum atomic E-state index is -0.683. The molecule has 0 aliphatic carbocycles. The Hall–Kier alpha value is -1.85. The molecule has 1 fully saturated rings. The number of rotatable bonds is 4. The highest BCUT2D eigenvalue weighted by Gasteiger charge is 2.22. The SMILES string of the molecule is CCOC(=O)/C=C/c1ccccc1N1CCNC1O. The summed E-state index contributed by atoms with van der Waals surface area (Å²) in [6.45, 7) is 3.59. The smallest absolute Gasteiger partial charge is 0.330 e. The van der Waals surface area contributed by atoms with Crippen LogP contribution in [0.4, 0.5) is 5.69 Å². The van der Waals surface area contributed by atoms with E-state index in [1.807, 2.05) is 29.2 Å². The summed E-state index contributed by atoms with van der Waals surface area (Å²) in [5.74, 6) is -0.364. The van der Waals surface area contributed by atoms with E-state index < -0.39 is 6.35 Å². The van der Waals surface area contributed by atoms with Crippen LogP contribution < -0.4 is 10.2 Å². The van der Waals surface area contributed by atoms with Crippen LogP contribution in [0.2, 0.25) is 0 Å². The Morgan fingerprint density at radius 1 is 1.58 bits per heavy atom. The van der Waals surface area contributed by atoms with Gasteiger partial charge in [-0.2, -0.15) is 0 Å². The fraction of sp³-hybridized carbons (Fsp3) is 0.357. The Morgan fingerprint density at radius 2 is 2.37 bits per heavy atom. The van der Waals surface area contributed by atoms with Gasteiger partial charge in [-0.05, 0) is 24.6 Å². The molecule has 5 nitrogen and oxygen atoms in total. The molecule has 1 atom stereocenters. The quantitative estimate of drug-likeness (QED) is 0.625. The van der Waals surface area contributed by atoms with Crippen molar-refractivity contribution in [3.63, 3.8) is 0 Å². The molecule has 19 heavy (non-hydrogen) atoms. The normalized spacial score (nSPS) is 19.1. The molecule has 2 N–H and O–H groups in total. The van der Waals surface area contributed by atoms with Crippen molar-refractivity contribution in [2.75, 3.05) is 24.6 Å². The van der Waals surface area contributed by atoms with Gasteiger partial charge in [0.1, 0.15) is 0 Å². The van der Waals surface area contributed by atoms with Crippen molar-refractivity contribution < 1.29 is 14.6 Å². The number of anilines is 1. The number of esters is 1. The molecule has 1 aromatic rings. The predicted octanol–water partition coefficient (Wildman–Crippen LogP) is 0.948. The summed E-state index contributed by atoms with van der Waals surface area (Å²) in [4.78, 5) is 13.2. The molecule has 5 heteroatoms.